The van der Waals surface area contributed by atoms with Crippen LogP contribution in [-0.4, -0.2) is 18.6 Å². The van der Waals surface area contributed by atoms with Gasteiger partial charge in [-0.05, 0) is 37.5 Å². The lowest BCUT2D eigenvalue weighted by atomic mass is 10.1. The van der Waals surface area contributed by atoms with Crippen LogP contribution in [0.25, 0.3) is 0 Å². The van der Waals surface area contributed by atoms with Crippen LogP contribution in [0.5, 0.6) is 5.75 Å². The number of nitrogens with one attached hydrogen (secondary N) is 1. The Hall–Kier alpha value is -1.55. The smallest absolute Gasteiger partial charge is 0.258 e. The average molecular weight is 290 g/mol. The second kappa shape index (κ2) is 8.03. The van der Waals surface area contributed by atoms with Crippen LogP contribution in [0.2, 0.25) is 0 Å². The molecule has 1 aromatic carbocycles. The fourth-order valence-electron chi connectivity index (χ4n) is 2.71. The summed E-state index contributed by atoms with van der Waals surface area (Å²) in [6.45, 7) is 2.02. The zero-order chi connectivity index (χ0) is 15.1. The lowest BCUT2D eigenvalue weighted by Gasteiger charge is -2.16. The van der Waals surface area contributed by atoms with E-state index in [0.717, 1.165) is 18.4 Å². The minimum absolute atomic E-state index is 0.0117. The second-order valence-corrected chi connectivity index (χ2v) is 5.90. The minimum atomic E-state index is -0.0295. The summed E-state index contributed by atoms with van der Waals surface area (Å²) in [6.07, 6.45) is 7.18. The van der Waals surface area contributed by atoms with Crippen LogP contribution in [0.15, 0.2) is 24.3 Å². The van der Waals surface area contributed by atoms with Crippen LogP contribution < -0.4 is 15.8 Å². The van der Waals surface area contributed by atoms with Gasteiger partial charge < -0.3 is 15.8 Å². The SMILES string of the molecule is C[C@H](N)c1ccc(OCC(=O)NC2CCCCCC2)cc1. The minimum Gasteiger partial charge on any atom is -0.484 e. The van der Waals surface area contributed by atoms with Crippen LogP contribution in [0.3, 0.4) is 0 Å². The van der Waals surface area contributed by atoms with E-state index < -0.39 is 0 Å². The van der Waals surface area contributed by atoms with Gasteiger partial charge in [-0.25, -0.2) is 0 Å². The first-order valence-electron chi connectivity index (χ1n) is 7.93. The predicted octanol–water partition coefficient (Wildman–Crippen LogP) is 2.92. The topological polar surface area (TPSA) is 64.3 Å². The van der Waals surface area contributed by atoms with Crippen molar-refractivity contribution in [3.8, 4) is 5.75 Å². The molecule has 1 aliphatic rings. The number of amides is 1. The van der Waals surface area contributed by atoms with E-state index in [9.17, 15) is 4.79 Å². The maximum atomic E-state index is 11.9. The van der Waals surface area contributed by atoms with E-state index >= 15 is 0 Å². The molecule has 0 bridgehead atoms. The standard InChI is InChI=1S/C17H26N2O2/c1-13(18)14-8-10-16(11-9-14)21-12-17(20)19-15-6-4-2-3-5-7-15/h8-11,13,15H,2-7,12,18H2,1H3,(H,19,20)/t13-/m0/s1. The molecule has 0 heterocycles. The summed E-state index contributed by atoms with van der Waals surface area (Å²) in [5, 5.41) is 3.07. The number of hydrogen-bond acceptors (Lipinski definition) is 3. The molecule has 2 rings (SSSR count). The molecule has 0 aromatic heterocycles. The summed E-state index contributed by atoms with van der Waals surface area (Å²) in [6, 6.07) is 7.92. The lowest BCUT2D eigenvalue weighted by molar-refractivity contribution is -0.123. The van der Waals surface area contributed by atoms with Gasteiger partial charge in [-0.15, -0.1) is 0 Å². The summed E-state index contributed by atoms with van der Waals surface area (Å²) >= 11 is 0. The average Bonchev–Trinajstić information content (AvgIpc) is 2.74. The molecule has 3 N–H and O–H groups in total. The third-order valence-corrected chi connectivity index (χ3v) is 4.00. The van der Waals surface area contributed by atoms with Crippen LogP contribution >= 0.6 is 0 Å². The molecular weight excluding hydrogens is 264 g/mol. The van der Waals surface area contributed by atoms with Crippen molar-refractivity contribution in [3.05, 3.63) is 29.8 Å². The van der Waals surface area contributed by atoms with E-state index in [1.54, 1.807) is 0 Å². The number of carbonyl (C=O) groups excluding carboxylic acids is 1. The lowest BCUT2D eigenvalue weighted by Crippen LogP contribution is -2.37. The molecule has 0 saturated heterocycles. The Balaban J connectivity index is 1.75. The van der Waals surface area contributed by atoms with Crippen molar-refractivity contribution in [2.45, 2.75) is 57.5 Å². The van der Waals surface area contributed by atoms with Gasteiger partial charge in [0.15, 0.2) is 6.61 Å². The van der Waals surface area contributed by atoms with Gasteiger partial charge in [0.05, 0.1) is 0 Å². The van der Waals surface area contributed by atoms with Crippen molar-refractivity contribution in [1.82, 2.24) is 5.32 Å². The highest BCUT2D eigenvalue weighted by Crippen LogP contribution is 2.18. The quantitative estimate of drug-likeness (QED) is 0.820. The van der Waals surface area contributed by atoms with Crippen molar-refractivity contribution in [2.75, 3.05) is 6.61 Å². The van der Waals surface area contributed by atoms with Crippen LogP contribution in [-0.2, 0) is 4.79 Å². The zero-order valence-corrected chi connectivity index (χ0v) is 12.8. The molecule has 1 amide bonds. The molecule has 0 aliphatic heterocycles. The van der Waals surface area contributed by atoms with Crippen LogP contribution in [0.1, 0.15) is 57.1 Å². The first kappa shape index (κ1) is 15.8. The summed E-state index contributed by atoms with van der Waals surface area (Å²) in [5.41, 5.74) is 6.86. The van der Waals surface area contributed by atoms with E-state index in [4.69, 9.17) is 10.5 Å². The molecule has 1 aliphatic carbocycles. The van der Waals surface area contributed by atoms with E-state index in [1.807, 2.05) is 31.2 Å². The maximum Gasteiger partial charge on any atom is 0.258 e. The van der Waals surface area contributed by atoms with Crippen molar-refractivity contribution in [2.24, 2.45) is 5.73 Å². The summed E-state index contributed by atoms with van der Waals surface area (Å²) in [7, 11) is 0. The molecular formula is C17H26N2O2. The van der Waals surface area contributed by atoms with Crippen molar-refractivity contribution < 1.29 is 9.53 Å². The second-order valence-electron chi connectivity index (χ2n) is 5.90. The van der Waals surface area contributed by atoms with Crippen LogP contribution in [0, 0.1) is 0 Å². The Kier molecular flexibility index (Phi) is 6.05. The largest absolute Gasteiger partial charge is 0.484 e. The zero-order valence-electron chi connectivity index (χ0n) is 12.8. The monoisotopic (exact) mass is 290 g/mol. The van der Waals surface area contributed by atoms with E-state index in [2.05, 4.69) is 5.32 Å². The summed E-state index contributed by atoms with van der Waals surface area (Å²) in [5.74, 6) is 0.675. The Morgan fingerprint density at radius 3 is 2.43 bits per heavy atom. The number of hydrogen-bond donors (Lipinski definition) is 2. The molecule has 116 valence electrons. The molecule has 4 nitrogen and oxygen atoms in total. The molecule has 0 unspecified atom stereocenters. The number of ether oxygens (including phenoxy) is 1. The number of rotatable bonds is 5. The summed E-state index contributed by atoms with van der Waals surface area (Å²) in [4.78, 5) is 11.9. The maximum absolute atomic E-state index is 11.9. The fraction of sp³-hybridized carbons (Fsp3) is 0.588. The highest BCUT2D eigenvalue weighted by molar-refractivity contribution is 5.77. The first-order valence-corrected chi connectivity index (χ1v) is 7.93. The van der Waals surface area contributed by atoms with E-state index in [-0.39, 0.29) is 18.6 Å². The molecule has 1 aromatic rings. The van der Waals surface area contributed by atoms with Gasteiger partial charge in [0, 0.05) is 12.1 Å². The van der Waals surface area contributed by atoms with Crippen molar-refractivity contribution in [3.63, 3.8) is 0 Å². The summed E-state index contributed by atoms with van der Waals surface area (Å²) < 4.78 is 5.52. The van der Waals surface area contributed by atoms with Gasteiger partial charge in [-0.3, -0.25) is 4.79 Å². The van der Waals surface area contributed by atoms with Gasteiger partial charge in [-0.1, -0.05) is 37.8 Å². The highest BCUT2D eigenvalue weighted by atomic mass is 16.5. The normalized spacial score (nSPS) is 17.8. The van der Waals surface area contributed by atoms with Crippen molar-refractivity contribution in [1.29, 1.82) is 0 Å². The van der Waals surface area contributed by atoms with Gasteiger partial charge in [0.2, 0.25) is 0 Å². The molecule has 21 heavy (non-hydrogen) atoms. The first-order chi connectivity index (χ1) is 10.1. The highest BCUT2D eigenvalue weighted by Gasteiger charge is 2.14. The Bertz CT molecular complexity index is 435. The van der Waals surface area contributed by atoms with Gasteiger partial charge >= 0.3 is 0 Å². The molecule has 1 atom stereocenters. The number of carbonyl (C=O) groups is 1. The fourth-order valence-corrected chi connectivity index (χ4v) is 2.71. The molecule has 1 saturated carbocycles. The molecule has 4 heteroatoms. The Morgan fingerprint density at radius 2 is 1.86 bits per heavy atom. The van der Waals surface area contributed by atoms with E-state index in [0.29, 0.717) is 11.8 Å². The molecule has 1 fully saturated rings. The Labute approximate surface area is 127 Å². The number of benzene rings is 1. The number of nitrogens with two attached hydrogens (primary N) is 1. The van der Waals surface area contributed by atoms with Gasteiger partial charge in [0.25, 0.3) is 5.91 Å². The van der Waals surface area contributed by atoms with Crippen LogP contribution in [0.4, 0.5) is 0 Å². The van der Waals surface area contributed by atoms with E-state index in [1.165, 1.54) is 25.7 Å². The predicted molar refractivity (Wildman–Crippen MR) is 84.2 cm³/mol. The van der Waals surface area contributed by atoms with Crippen molar-refractivity contribution >= 4 is 5.91 Å². The van der Waals surface area contributed by atoms with Gasteiger partial charge in [-0.2, -0.15) is 0 Å². The molecule has 0 spiro atoms. The Morgan fingerprint density at radius 1 is 1.24 bits per heavy atom. The van der Waals surface area contributed by atoms with Gasteiger partial charge in [0.1, 0.15) is 5.75 Å². The molecule has 0 radical (unpaired) electrons. The third-order valence-electron chi connectivity index (χ3n) is 4.00. The third kappa shape index (κ3) is 5.38.